The quantitative estimate of drug-likeness (QED) is 0.323. The molecule has 0 aliphatic heterocycles. The number of non-ortho nitro benzene ring substituents is 1. The molecule has 6 nitrogen and oxygen atoms in total. The molecule has 4 aromatic rings. The van der Waals surface area contributed by atoms with E-state index in [2.05, 4.69) is 10.3 Å². The molecule has 0 saturated carbocycles. The van der Waals surface area contributed by atoms with E-state index in [4.69, 9.17) is 0 Å². The van der Waals surface area contributed by atoms with Gasteiger partial charge < -0.3 is 0 Å². The van der Waals surface area contributed by atoms with E-state index in [1.165, 1.54) is 23.5 Å². The van der Waals surface area contributed by atoms with Gasteiger partial charge in [-0.3, -0.25) is 20.2 Å². The van der Waals surface area contributed by atoms with Gasteiger partial charge in [-0.15, -0.1) is 0 Å². The number of benzene rings is 3. The van der Waals surface area contributed by atoms with Gasteiger partial charge in [-0.25, -0.2) is 4.98 Å². The van der Waals surface area contributed by atoms with Crippen molar-refractivity contribution >= 4 is 28.1 Å². The molecule has 1 N–H and O–H groups in total. The normalized spacial score (nSPS) is 10.6. The van der Waals surface area contributed by atoms with Gasteiger partial charge in [0.1, 0.15) is 0 Å². The molecule has 0 atom stereocenters. The molecule has 0 aliphatic carbocycles. The number of rotatable bonds is 5. The molecule has 0 fully saturated rings. The summed E-state index contributed by atoms with van der Waals surface area (Å²) in [6.07, 6.45) is 0. The molecule has 0 spiro atoms. The molecule has 1 amide bonds. The Morgan fingerprint density at radius 2 is 1.60 bits per heavy atom. The highest BCUT2D eigenvalue weighted by molar-refractivity contribution is 7.19. The smallest absolute Gasteiger partial charge is 0.269 e. The lowest BCUT2D eigenvalue weighted by Crippen LogP contribution is -2.12. The fourth-order valence-electron chi connectivity index (χ4n) is 3.09. The van der Waals surface area contributed by atoms with E-state index in [1.807, 2.05) is 55.5 Å². The predicted molar refractivity (Wildman–Crippen MR) is 119 cm³/mol. The number of anilines is 1. The molecule has 1 heterocycles. The van der Waals surface area contributed by atoms with Gasteiger partial charge in [-0.2, -0.15) is 0 Å². The molecule has 148 valence electrons. The van der Waals surface area contributed by atoms with Gasteiger partial charge in [-0.05, 0) is 36.2 Å². The number of aryl methyl sites for hydroxylation is 1. The molecule has 7 heteroatoms. The fraction of sp³-hybridized carbons (Fsp3) is 0.0435. The molecule has 0 radical (unpaired) electrons. The Bertz CT molecular complexity index is 1220. The average Bonchev–Trinajstić information content (AvgIpc) is 3.18. The number of nitrogens with one attached hydrogen (secondary N) is 1. The Morgan fingerprint density at radius 3 is 2.27 bits per heavy atom. The Morgan fingerprint density at radius 1 is 0.933 bits per heavy atom. The molecule has 1 aromatic heterocycles. The third-order valence-electron chi connectivity index (χ3n) is 4.62. The molecule has 0 unspecified atom stereocenters. The summed E-state index contributed by atoms with van der Waals surface area (Å²) in [5.41, 5.74) is 3.91. The van der Waals surface area contributed by atoms with Crippen molar-refractivity contribution in [3.63, 3.8) is 0 Å². The van der Waals surface area contributed by atoms with Crippen molar-refractivity contribution in [3.8, 4) is 21.7 Å². The number of nitro benzene ring substituents is 1. The van der Waals surface area contributed by atoms with Crippen LogP contribution in [-0.4, -0.2) is 15.8 Å². The lowest BCUT2D eigenvalue weighted by atomic mass is 10.1. The summed E-state index contributed by atoms with van der Waals surface area (Å²) in [7, 11) is 0. The zero-order valence-corrected chi connectivity index (χ0v) is 16.8. The number of amides is 1. The summed E-state index contributed by atoms with van der Waals surface area (Å²) in [6, 6.07) is 23.3. The first-order valence-electron chi connectivity index (χ1n) is 9.21. The lowest BCUT2D eigenvalue weighted by molar-refractivity contribution is -0.384. The Hall–Kier alpha value is -3.84. The van der Waals surface area contributed by atoms with Crippen LogP contribution in [0, 0.1) is 17.0 Å². The summed E-state index contributed by atoms with van der Waals surface area (Å²) < 4.78 is 0. The molecular formula is C23H17N3O3S. The predicted octanol–water partition coefficient (Wildman–Crippen LogP) is 5.95. The van der Waals surface area contributed by atoms with Gasteiger partial charge >= 0.3 is 0 Å². The zero-order chi connectivity index (χ0) is 21.1. The minimum absolute atomic E-state index is 0.0256. The minimum Gasteiger partial charge on any atom is -0.298 e. The van der Waals surface area contributed by atoms with Gasteiger partial charge in [-0.1, -0.05) is 59.9 Å². The monoisotopic (exact) mass is 415 g/mol. The molecule has 0 saturated heterocycles. The van der Waals surface area contributed by atoms with Gasteiger partial charge in [0, 0.05) is 23.3 Å². The summed E-state index contributed by atoms with van der Waals surface area (Å²) in [6.45, 7) is 1.88. The highest BCUT2D eigenvalue weighted by Gasteiger charge is 2.18. The van der Waals surface area contributed by atoms with Crippen LogP contribution in [0.25, 0.3) is 21.7 Å². The van der Waals surface area contributed by atoms with Crippen molar-refractivity contribution in [2.75, 3.05) is 5.32 Å². The number of nitro groups is 1. The van der Waals surface area contributed by atoms with Crippen LogP contribution in [0.5, 0.6) is 0 Å². The van der Waals surface area contributed by atoms with Crippen LogP contribution < -0.4 is 5.32 Å². The summed E-state index contributed by atoms with van der Waals surface area (Å²) >= 11 is 1.34. The second-order valence-electron chi connectivity index (χ2n) is 6.64. The van der Waals surface area contributed by atoms with Crippen LogP contribution in [0.1, 0.15) is 15.9 Å². The largest absolute Gasteiger partial charge is 0.298 e. The third-order valence-corrected chi connectivity index (χ3v) is 5.64. The van der Waals surface area contributed by atoms with Crippen LogP contribution in [0.15, 0.2) is 78.9 Å². The first kappa shape index (κ1) is 19.5. The van der Waals surface area contributed by atoms with E-state index in [0.717, 1.165) is 27.3 Å². The maximum absolute atomic E-state index is 12.7. The molecule has 0 aliphatic rings. The second-order valence-corrected chi connectivity index (χ2v) is 7.63. The van der Waals surface area contributed by atoms with E-state index in [-0.39, 0.29) is 11.6 Å². The van der Waals surface area contributed by atoms with Crippen LogP contribution in [-0.2, 0) is 0 Å². The Labute approximate surface area is 177 Å². The highest BCUT2D eigenvalue weighted by atomic mass is 32.1. The SMILES string of the molecule is Cc1ccccc1C(=O)Nc1nc(-c2ccccc2)c(-c2ccc([N+](=O)[O-])cc2)s1. The van der Waals surface area contributed by atoms with Gasteiger partial charge in [0.25, 0.3) is 11.6 Å². The topological polar surface area (TPSA) is 85.1 Å². The van der Waals surface area contributed by atoms with E-state index in [1.54, 1.807) is 18.2 Å². The number of nitrogens with zero attached hydrogens (tertiary/aromatic N) is 2. The number of carbonyl (C=O) groups is 1. The van der Waals surface area contributed by atoms with E-state index in [9.17, 15) is 14.9 Å². The summed E-state index contributed by atoms with van der Waals surface area (Å²) in [4.78, 5) is 28.8. The van der Waals surface area contributed by atoms with E-state index >= 15 is 0 Å². The van der Waals surface area contributed by atoms with Crippen LogP contribution in [0.2, 0.25) is 0 Å². The van der Waals surface area contributed by atoms with Gasteiger partial charge in [0.15, 0.2) is 5.13 Å². The van der Waals surface area contributed by atoms with Crippen molar-refractivity contribution in [2.45, 2.75) is 6.92 Å². The molecular weight excluding hydrogens is 398 g/mol. The summed E-state index contributed by atoms with van der Waals surface area (Å²) in [5.74, 6) is -0.225. The molecule has 3 aromatic carbocycles. The Balaban J connectivity index is 1.74. The van der Waals surface area contributed by atoms with E-state index < -0.39 is 4.92 Å². The number of hydrogen-bond acceptors (Lipinski definition) is 5. The minimum atomic E-state index is -0.428. The Kier molecular flexibility index (Phi) is 5.36. The zero-order valence-electron chi connectivity index (χ0n) is 16.0. The maximum Gasteiger partial charge on any atom is 0.269 e. The average molecular weight is 415 g/mol. The maximum atomic E-state index is 12.7. The molecule has 30 heavy (non-hydrogen) atoms. The number of carbonyl (C=O) groups excluding carboxylic acids is 1. The second kappa shape index (κ2) is 8.26. The van der Waals surface area contributed by atoms with Crippen LogP contribution in [0.4, 0.5) is 10.8 Å². The standard InChI is InChI=1S/C23H17N3O3S/c1-15-7-5-6-10-19(15)22(27)25-23-24-20(16-8-3-2-4-9-16)21(30-23)17-11-13-18(14-12-17)26(28)29/h2-14H,1H3,(H,24,25,27). The number of hydrogen-bond donors (Lipinski definition) is 1. The third kappa shape index (κ3) is 3.97. The lowest BCUT2D eigenvalue weighted by Gasteiger charge is -2.04. The van der Waals surface area contributed by atoms with Crippen molar-refractivity contribution in [1.82, 2.24) is 4.98 Å². The van der Waals surface area contributed by atoms with Crippen LogP contribution in [0.3, 0.4) is 0 Å². The van der Waals surface area contributed by atoms with Crippen molar-refractivity contribution < 1.29 is 9.72 Å². The van der Waals surface area contributed by atoms with Crippen molar-refractivity contribution in [1.29, 1.82) is 0 Å². The van der Waals surface area contributed by atoms with Gasteiger partial charge in [0.05, 0.1) is 15.5 Å². The first-order chi connectivity index (χ1) is 14.5. The molecule has 4 rings (SSSR count). The van der Waals surface area contributed by atoms with Crippen molar-refractivity contribution in [2.24, 2.45) is 0 Å². The molecule has 0 bridgehead atoms. The highest BCUT2D eigenvalue weighted by Crippen LogP contribution is 2.39. The van der Waals surface area contributed by atoms with Gasteiger partial charge in [0.2, 0.25) is 0 Å². The van der Waals surface area contributed by atoms with E-state index in [0.29, 0.717) is 10.7 Å². The summed E-state index contributed by atoms with van der Waals surface area (Å²) in [5, 5.41) is 14.3. The number of aromatic nitrogens is 1. The first-order valence-corrected chi connectivity index (χ1v) is 10.0. The van der Waals surface area contributed by atoms with Crippen molar-refractivity contribution in [3.05, 3.63) is 100 Å². The fourth-order valence-corrected chi connectivity index (χ4v) is 4.08. The van der Waals surface area contributed by atoms with Crippen LogP contribution >= 0.6 is 11.3 Å². The number of thiazole rings is 1.